The maximum Gasteiger partial charge on any atom is 0.220 e. The number of benzene rings is 4. The number of fused-ring (bicyclic) bond motifs is 7. The Kier molecular flexibility index (Phi) is 4.00. The molecule has 0 spiro atoms. The number of nitrogens with zero attached hydrogens (tertiary/aromatic N) is 3. The van der Waals surface area contributed by atoms with Crippen LogP contribution in [0, 0.1) is 0 Å². The van der Waals surface area contributed by atoms with Crippen LogP contribution in [0.1, 0.15) is 25.0 Å². The van der Waals surface area contributed by atoms with Crippen molar-refractivity contribution in [3.05, 3.63) is 127 Å². The average molecular weight is 476 g/mol. The third-order valence-electron chi connectivity index (χ3n) is 8.15. The molecule has 3 heteroatoms. The van der Waals surface area contributed by atoms with Gasteiger partial charge in [0.15, 0.2) is 0 Å². The zero-order valence-electron chi connectivity index (χ0n) is 20.8. The fourth-order valence-corrected chi connectivity index (χ4v) is 6.56. The highest BCUT2D eigenvalue weighted by atomic mass is 15.2. The van der Waals surface area contributed by atoms with Gasteiger partial charge in [-0.3, -0.25) is 8.97 Å². The zero-order valence-corrected chi connectivity index (χ0v) is 20.8. The number of hydrogen-bond acceptors (Lipinski definition) is 1. The summed E-state index contributed by atoms with van der Waals surface area (Å²) in [6.07, 6.45) is 2.13. The van der Waals surface area contributed by atoms with E-state index in [4.69, 9.17) is 4.98 Å². The minimum absolute atomic E-state index is 0.111. The number of pyridine rings is 1. The smallest absolute Gasteiger partial charge is 0.220 e. The van der Waals surface area contributed by atoms with E-state index in [9.17, 15) is 0 Å². The minimum atomic E-state index is -0.111. The molecule has 0 radical (unpaired) electrons. The molecule has 8 rings (SSSR count). The summed E-state index contributed by atoms with van der Waals surface area (Å²) >= 11 is 0. The van der Waals surface area contributed by atoms with Crippen LogP contribution in [0.15, 0.2) is 115 Å². The van der Waals surface area contributed by atoms with Gasteiger partial charge < -0.3 is 0 Å². The lowest BCUT2D eigenvalue weighted by Crippen LogP contribution is -2.16. The van der Waals surface area contributed by atoms with Crippen molar-refractivity contribution in [2.75, 3.05) is 0 Å². The van der Waals surface area contributed by atoms with Gasteiger partial charge in [-0.15, -0.1) is 0 Å². The maximum atomic E-state index is 5.43. The highest BCUT2D eigenvalue weighted by Gasteiger charge is 2.38. The number of hydrogen-bond donors (Lipinski definition) is 0. The lowest BCUT2D eigenvalue weighted by molar-refractivity contribution is 0.662. The Balaban J connectivity index is 1.47. The molecule has 0 amide bonds. The summed E-state index contributed by atoms with van der Waals surface area (Å²) in [7, 11) is 0. The lowest BCUT2D eigenvalue weighted by Gasteiger charge is -2.23. The molecule has 1 aliphatic rings. The lowest BCUT2D eigenvalue weighted by atomic mass is 9.79. The topological polar surface area (TPSA) is 22.2 Å². The fraction of sp³-hybridized carbons (Fsp3) is 0.0882. The van der Waals surface area contributed by atoms with Crippen molar-refractivity contribution in [3.8, 4) is 28.3 Å². The van der Waals surface area contributed by atoms with E-state index >= 15 is 0 Å². The fourth-order valence-electron chi connectivity index (χ4n) is 6.56. The van der Waals surface area contributed by atoms with E-state index in [-0.39, 0.29) is 5.41 Å². The first-order valence-corrected chi connectivity index (χ1v) is 12.8. The van der Waals surface area contributed by atoms with Gasteiger partial charge in [-0.2, -0.15) is 0 Å². The molecule has 0 fully saturated rings. The first-order valence-electron chi connectivity index (χ1n) is 12.8. The molecule has 4 aromatic carbocycles. The third kappa shape index (κ3) is 2.63. The van der Waals surface area contributed by atoms with Crippen LogP contribution in [-0.2, 0) is 5.41 Å². The average Bonchev–Trinajstić information content (AvgIpc) is 3.55. The molecule has 0 saturated carbocycles. The molecule has 3 aromatic heterocycles. The van der Waals surface area contributed by atoms with Gasteiger partial charge in [-0.25, -0.2) is 4.98 Å². The summed E-state index contributed by atoms with van der Waals surface area (Å²) in [5.41, 5.74) is 10.9. The Morgan fingerprint density at radius 2 is 1.16 bits per heavy atom. The minimum Gasteiger partial charge on any atom is -0.285 e. The van der Waals surface area contributed by atoms with E-state index < -0.39 is 0 Å². The Hall–Kier alpha value is -4.63. The van der Waals surface area contributed by atoms with Crippen molar-refractivity contribution in [2.24, 2.45) is 0 Å². The Morgan fingerprint density at radius 1 is 0.568 bits per heavy atom. The molecule has 0 bridgehead atoms. The number of rotatable bonds is 2. The van der Waals surface area contributed by atoms with Crippen molar-refractivity contribution >= 4 is 27.3 Å². The Bertz CT molecular complexity index is 1970. The summed E-state index contributed by atoms with van der Waals surface area (Å²) in [5, 5.41) is 2.48. The van der Waals surface area contributed by atoms with Crippen LogP contribution in [0.3, 0.4) is 0 Å². The molecule has 37 heavy (non-hydrogen) atoms. The second kappa shape index (κ2) is 7.21. The molecule has 0 atom stereocenters. The molecule has 1 aliphatic carbocycles. The summed E-state index contributed by atoms with van der Waals surface area (Å²) in [6.45, 7) is 4.68. The molecular formula is C34H25N3. The van der Waals surface area contributed by atoms with Crippen LogP contribution < -0.4 is 0 Å². The molecule has 3 nitrogen and oxygen atoms in total. The summed E-state index contributed by atoms with van der Waals surface area (Å²) < 4.78 is 4.55. The molecule has 0 saturated heterocycles. The van der Waals surface area contributed by atoms with E-state index in [1.807, 2.05) is 0 Å². The van der Waals surface area contributed by atoms with E-state index in [2.05, 4.69) is 138 Å². The van der Waals surface area contributed by atoms with Gasteiger partial charge in [0.25, 0.3) is 0 Å². The highest BCUT2D eigenvalue weighted by Crippen LogP contribution is 2.52. The molecule has 176 valence electrons. The van der Waals surface area contributed by atoms with Crippen LogP contribution in [0.5, 0.6) is 0 Å². The van der Waals surface area contributed by atoms with E-state index in [1.165, 1.54) is 38.6 Å². The largest absolute Gasteiger partial charge is 0.285 e. The van der Waals surface area contributed by atoms with Crippen LogP contribution in [0.4, 0.5) is 0 Å². The first-order chi connectivity index (χ1) is 18.1. The van der Waals surface area contributed by atoms with Gasteiger partial charge in [0.2, 0.25) is 5.95 Å². The van der Waals surface area contributed by atoms with Gasteiger partial charge >= 0.3 is 0 Å². The van der Waals surface area contributed by atoms with Crippen LogP contribution in [0.25, 0.3) is 55.7 Å². The number of para-hydroxylation sites is 2. The number of aromatic nitrogens is 3. The van der Waals surface area contributed by atoms with Gasteiger partial charge in [0.1, 0.15) is 0 Å². The van der Waals surface area contributed by atoms with Gasteiger partial charge in [-0.05, 0) is 46.5 Å². The monoisotopic (exact) mass is 475 g/mol. The summed E-state index contributed by atoms with van der Waals surface area (Å²) in [4.78, 5) is 5.43. The molecule has 3 heterocycles. The quantitative estimate of drug-likeness (QED) is 0.246. The van der Waals surface area contributed by atoms with E-state index in [1.54, 1.807) is 0 Å². The Morgan fingerprint density at radius 3 is 1.95 bits per heavy atom. The maximum absolute atomic E-state index is 5.43. The summed E-state index contributed by atoms with van der Waals surface area (Å²) in [6, 6.07) is 39.1. The second-order valence-electron chi connectivity index (χ2n) is 10.5. The van der Waals surface area contributed by atoms with Crippen molar-refractivity contribution < 1.29 is 0 Å². The van der Waals surface area contributed by atoms with Gasteiger partial charge in [0, 0.05) is 27.9 Å². The highest BCUT2D eigenvalue weighted by molar-refractivity contribution is 6.09. The molecule has 0 aliphatic heterocycles. The van der Waals surface area contributed by atoms with Crippen molar-refractivity contribution in [1.82, 2.24) is 14.0 Å². The molecule has 0 unspecified atom stereocenters. The second-order valence-corrected chi connectivity index (χ2v) is 10.5. The van der Waals surface area contributed by atoms with Crippen molar-refractivity contribution in [2.45, 2.75) is 19.3 Å². The van der Waals surface area contributed by atoms with Crippen LogP contribution in [0.2, 0.25) is 0 Å². The van der Waals surface area contributed by atoms with Crippen molar-refractivity contribution in [3.63, 3.8) is 0 Å². The number of imidazole rings is 1. The summed E-state index contributed by atoms with van der Waals surface area (Å²) in [5.74, 6) is 0.911. The SMILES string of the molecule is CC1(C)c2ccccc2-c2cccc(-c3nc(-n4c5ccccc5c5ccccc54)n4ccccc34)c21. The molecular weight excluding hydrogens is 450 g/mol. The van der Waals surface area contributed by atoms with Gasteiger partial charge in [-0.1, -0.05) is 98.8 Å². The Labute approximate surface area is 215 Å². The third-order valence-corrected chi connectivity index (χ3v) is 8.15. The zero-order chi connectivity index (χ0) is 24.7. The molecule has 7 aromatic rings. The van der Waals surface area contributed by atoms with Crippen LogP contribution >= 0.6 is 0 Å². The normalized spacial score (nSPS) is 13.9. The van der Waals surface area contributed by atoms with Crippen LogP contribution in [-0.4, -0.2) is 14.0 Å². The van der Waals surface area contributed by atoms with Gasteiger partial charge in [0.05, 0.1) is 22.2 Å². The van der Waals surface area contributed by atoms with Crippen molar-refractivity contribution in [1.29, 1.82) is 0 Å². The molecule has 0 N–H and O–H groups in total. The van der Waals surface area contributed by atoms with E-state index in [0.29, 0.717) is 0 Å². The predicted molar refractivity (Wildman–Crippen MR) is 153 cm³/mol. The standard InChI is InChI=1S/C34H25N3/c1-34(2)27-17-6-3-12-22(27)25-15-11-16-26(31(25)34)32-30-20-9-10-21-36(30)33(35-32)37-28-18-7-4-13-23(28)24-14-5-8-19-29(24)37/h3-21H,1-2H3. The van der Waals surface area contributed by atoms with E-state index in [0.717, 1.165) is 28.2 Å². The first kappa shape index (κ1) is 20.6. The predicted octanol–water partition coefficient (Wildman–Crippen LogP) is 8.40.